The molecule has 3 N–H and O–H groups in total. The second-order valence-corrected chi connectivity index (χ2v) is 5.69. The maximum Gasteiger partial charge on any atom is 0.203 e. The Morgan fingerprint density at radius 1 is 1.40 bits per heavy atom. The lowest BCUT2D eigenvalue weighted by molar-refractivity contribution is 0.536. The molecule has 1 aliphatic rings. The molecule has 0 aromatic carbocycles. The number of hydrogen-bond donors (Lipinski definition) is 2. The summed E-state index contributed by atoms with van der Waals surface area (Å²) >= 11 is 0. The highest BCUT2D eigenvalue weighted by Crippen LogP contribution is 2.32. The number of rotatable bonds is 3. The van der Waals surface area contributed by atoms with Crippen LogP contribution in [0.15, 0.2) is 6.08 Å². The van der Waals surface area contributed by atoms with Gasteiger partial charge in [-0.05, 0) is 18.8 Å². The van der Waals surface area contributed by atoms with Gasteiger partial charge in [0, 0.05) is 19.2 Å². The normalized spacial score (nSPS) is 14.0. The van der Waals surface area contributed by atoms with Gasteiger partial charge < -0.3 is 15.6 Å². The fourth-order valence-corrected chi connectivity index (χ4v) is 2.82. The van der Waals surface area contributed by atoms with E-state index in [0.717, 1.165) is 42.1 Å². The van der Waals surface area contributed by atoms with Crippen molar-refractivity contribution in [3.63, 3.8) is 0 Å². The lowest BCUT2D eigenvalue weighted by Crippen LogP contribution is -2.10. The van der Waals surface area contributed by atoms with E-state index >= 15 is 0 Å². The smallest absolute Gasteiger partial charge is 0.203 e. The Labute approximate surface area is 118 Å². The fourth-order valence-electron chi connectivity index (χ4n) is 2.82. The Kier molecular flexibility index (Phi) is 3.12. The van der Waals surface area contributed by atoms with Crippen LogP contribution in [0.1, 0.15) is 31.5 Å². The molecule has 0 radical (unpaired) electrons. The second-order valence-electron chi connectivity index (χ2n) is 5.69. The van der Waals surface area contributed by atoms with Gasteiger partial charge in [0.15, 0.2) is 5.82 Å². The standard InChI is InChI=1S/C15H21N5/c1-9(2)8-20-13-10-6-4-5-7-11(10)18-14(16)12(13)19-15(20)17-3/h4,6,9H,5,7-8H2,1-3H3,(H2,16,18)(H,17,19). The van der Waals surface area contributed by atoms with Gasteiger partial charge in [0.25, 0.3) is 0 Å². The number of fused-ring (bicyclic) bond motifs is 3. The van der Waals surface area contributed by atoms with E-state index < -0.39 is 0 Å². The predicted molar refractivity (Wildman–Crippen MR) is 83.7 cm³/mol. The monoisotopic (exact) mass is 271 g/mol. The zero-order valence-electron chi connectivity index (χ0n) is 12.3. The lowest BCUT2D eigenvalue weighted by atomic mass is 10.0. The van der Waals surface area contributed by atoms with Crippen LogP contribution >= 0.6 is 0 Å². The Bertz CT molecular complexity index is 681. The molecular weight excluding hydrogens is 250 g/mol. The number of pyridine rings is 1. The molecule has 0 saturated heterocycles. The van der Waals surface area contributed by atoms with Crippen LogP contribution < -0.4 is 11.1 Å². The van der Waals surface area contributed by atoms with E-state index in [9.17, 15) is 0 Å². The zero-order valence-corrected chi connectivity index (χ0v) is 12.3. The first-order valence-electron chi connectivity index (χ1n) is 7.14. The number of nitrogens with two attached hydrogens (primary N) is 1. The van der Waals surface area contributed by atoms with Crippen molar-refractivity contribution in [2.75, 3.05) is 18.1 Å². The van der Waals surface area contributed by atoms with E-state index in [4.69, 9.17) is 5.73 Å². The molecule has 0 amide bonds. The molecule has 1 aliphatic carbocycles. The van der Waals surface area contributed by atoms with Crippen LogP contribution in [-0.2, 0) is 13.0 Å². The maximum absolute atomic E-state index is 6.11. The van der Waals surface area contributed by atoms with Crippen LogP contribution in [0.3, 0.4) is 0 Å². The molecule has 2 heterocycles. The molecule has 0 spiro atoms. The van der Waals surface area contributed by atoms with Gasteiger partial charge in [-0.25, -0.2) is 9.97 Å². The predicted octanol–water partition coefficient (Wildman–Crippen LogP) is 2.67. The van der Waals surface area contributed by atoms with Gasteiger partial charge in [-0.1, -0.05) is 26.0 Å². The summed E-state index contributed by atoms with van der Waals surface area (Å²) in [5.41, 5.74) is 10.3. The summed E-state index contributed by atoms with van der Waals surface area (Å²) in [5, 5.41) is 3.17. The summed E-state index contributed by atoms with van der Waals surface area (Å²) in [5.74, 6) is 1.93. The lowest BCUT2D eigenvalue weighted by Gasteiger charge is -2.16. The van der Waals surface area contributed by atoms with E-state index in [0.29, 0.717) is 11.7 Å². The number of hydrogen-bond acceptors (Lipinski definition) is 4. The van der Waals surface area contributed by atoms with Crippen molar-refractivity contribution in [2.24, 2.45) is 5.92 Å². The van der Waals surface area contributed by atoms with Crippen molar-refractivity contribution in [1.29, 1.82) is 0 Å². The van der Waals surface area contributed by atoms with Crippen LogP contribution in [0, 0.1) is 5.92 Å². The number of anilines is 2. The third-order valence-electron chi connectivity index (χ3n) is 3.64. The Hall–Kier alpha value is -2.04. The highest BCUT2D eigenvalue weighted by Gasteiger charge is 2.20. The molecule has 5 heteroatoms. The Balaban J connectivity index is 2.35. The van der Waals surface area contributed by atoms with Crippen molar-refractivity contribution in [2.45, 2.75) is 33.2 Å². The van der Waals surface area contributed by atoms with Crippen molar-refractivity contribution in [1.82, 2.24) is 14.5 Å². The largest absolute Gasteiger partial charge is 0.382 e. The molecular formula is C15H21N5. The molecule has 0 atom stereocenters. The average molecular weight is 271 g/mol. The van der Waals surface area contributed by atoms with E-state index in [2.05, 4.69) is 45.9 Å². The van der Waals surface area contributed by atoms with Crippen LogP contribution in [0.4, 0.5) is 11.8 Å². The molecule has 2 aromatic rings. The van der Waals surface area contributed by atoms with E-state index in [-0.39, 0.29) is 0 Å². The molecule has 0 unspecified atom stereocenters. The fraction of sp³-hybridized carbons (Fsp3) is 0.467. The average Bonchev–Trinajstić information content (AvgIpc) is 2.78. The number of imidazole rings is 1. The molecule has 0 saturated carbocycles. The van der Waals surface area contributed by atoms with Crippen molar-refractivity contribution in [3.8, 4) is 0 Å². The SMILES string of the molecule is CNc1nc2c(N)nc3c(c2n1CC(C)C)C=CCC3. The third kappa shape index (κ3) is 1.94. The van der Waals surface area contributed by atoms with Crippen LogP contribution in [0.2, 0.25) is 0 Å². The van der Waals surface area contributed by atoms with Gasteiger partial charge in [0.05, 0.1) is 11.2 Å². The minimum Gasteiger partial charge on any atom is -0.382 e. The van der Waals surface area contributed by atoms with Crippen LogP contribution in [-0.4, -0.2) is 21.6 Å². The minimum atomic E-state index is 0.535. The zero-order chi connectivity index (χ0) is 14.3. The summed E-state index contributed by atoms with van der Waals surface area (Å²) in [6.07, 6.45) is 6.34. The number of aryl methyl sites for hydroxylation is 1. The number of nitrogens with zero attached hydrogens (tertiary/aromatic N) is 3. The maximum atomic E-state index is 6.11. The Morgan fingerprint density at radius 2 is 2.20 bits per heavy atom. The van der Waals surface area contributed by atoms with Gasteiger partial charge in [0.1, 0.15) is 5.52 Å². The number of nitrogen functional groups attached to an aromatic ring is 1. The number of allylic oxidation sites excluding steroid dienone is 1. The third-order valence-corrected chi connectivity index (χ3v) is 3.64. The summed E-state index contributed by atoms with van der Waals surface area (Å²) in [7, 11) is 1.89. The molecule has 0 aliphatic heterocycles. The second kappa shape index (κ2) is 4.81. The van der Waals surface area contributed by atoms with Gasteiger partial charge in [-0.3, -0.25) is 0 Å². The molecule has 0 bridgehead atoms. The van der Waals surface area contributed by atoms with Gasteiger partial charge in [-0.2, -0.15) is 0 Å². The molecule has 5 nitrogen and oxygen atoms in total. The number of nitrogens with one attached hydrogen (secondary N) is 1. The summed E-state index contributed by atoms with van der Waals surface area (Å²) in [4.78, 5) is 9.15. The van der Waals surface area contributed by atoms with E-state index in [1.165, 1.54) is 5.56 Å². The quantitative estimate of drug-likeness (QED) is 0.900. The highest BCUT2D eigenvalue weighted by molar-refractivity contribution is 5.94. The Morgan fingerprint density at radius 3 is 2.90 bits per heavy atom. The number of aromatic nitrogens is 3. The minimum absolute atomic E-state index is 0.535. The van der Waals surface area contributed by atoms with Crippen LogP contribution in [0.5, 0.6) is 0 Å². The van der Waals surface area contributed by atoms with Crippen molar-refractivity contribution in [3.05, 3.63) is 17.3 Å². The van der Waals surface area contributed by atoms with Crippen molar-refractivity contribution >= 4 is 28.9 Å². The topological polar surface area (TPSA) is 68.8 Å². The van der Waals surface area contributed by atoms with Crippen molar-refractivity contribution < 1.29 is 0 Å². The van der Waals surface area contributed by atoms with Gasteiger partial charge in [0.2, 0.25) is 5.95 Å². The summed E-state index contributed by atoms with van der Waals surface area (Å²) in [6, 6.07) is 0. The summed E-state index contributed by atoms with van der Waals surface area (Å²) in [6.45, 7) is 5.33. The first-order valence-corrected chi connectivity index (χ1v) is 7.14. The van der Waals surface area contributed by atoms with Gasteiger partial charge in [-0.15, -0.1) is 0 Å². The first-order chi connectivity index (χ1) is 9.61. The highest BCUT2D eigenvalue weighted by atomic mass is 15.2. The van der Waals surface area contributed by atoms with Crippen LogP contribution in [0.25, 0.3) is 17.1 Å². The molecule has 106 valence electrons. The molecule has 0 fully saturated rings. The van der Waals surface area contributed by atoms with Gasteiger partial charge >= 0.3 is 0 Å². The summed E-state index contributed by atoms with van der Waals surface area (Å²) < 4.78 is 2.23. The van der Waals surface area contributed by atoms with E-state index in [1.807, 2.05) is 7.05 Å². The molecule has 3 rings (SSSR count). The molecule has 20 heavy (non-hydrogen) atoms. The van der Waals surface area contributed by atoms with E-state index in [1.54, 1.807) is 0 Å². The molecule has 2 aromatic heterocycles. The first kappa shape index (κ1) is 13.0.